The first-order chi connectivity index (χ1) is 26.7. The lowest BCUT2D eigenvalue weighted by molar-refractivity contribution is 0.957. The molecule has 0 spiro atoms. The molecule has 0 nitrogen and oxygen atoms in total. The van der Waals surface area contributed by atoms with Crippen LogP contribution in [0, 0.1) is 0 Å². The van der Waals surface area contributed by atoms with Gasteiger partial charge in [0.2, 0.25) is 0 Å². The predicted molar refractivity (Wildman–Crippen MR) is 231 cm³/mol. The molecule has 0 amide bonds. The summed E-state index contributed by atoms with van der Waals surface area (Å²) in [6.45, 7) is 2.35. The molecule has 1 atom stereocenters. The lowest BCUT2D eigenvalue weighted by Crippen LogP contribution is -1.94. The van der Waals surface area contributed by atoms with Gasteiger partial charge in [-0.3, -0.25) is 0 Å². The van der Waals surface area contributed by atoms with Gasteiger partial charge in [-0.15, -0.1) is 0 Å². The molecule has 0 radical (unpaired) electrons. The first-order valence-electron chi connectivity index (χ1n) is 19.0. The zero-order chi connectivity index (χ0) is 35.8. The van der Waals surface area contributed by atoms with Gasteiger partial charge < -0.3 is 0 Å². The number of benzene rings is 10. The van der Waals surface area contributed by atoms with E-state index in [0.29, 0.717) is 5.92 Å². The van der Waals surface area contributed by atoms with Gasteiger partial charge in [-0.05, 0) is 128 Å². The maximum absolute atomic E-state index is 2.46. The first kappa shape index (κ1) is 30.8. The van der Waals surface area contributed by atoms with Crippen molar-refractivity contribution in [2.75, 3.05) is 0 Å². The summed E-state index contributed by atoms with van der Waals surface area (Å²) in [4.78, 5) is 0. The second kappa shape index (κ2) is 12.2. The second-order valence-corrected chi connectivity index (χ2v) is 14.8. The summed E-state index contributed by atoms with van der Waals surface area (Å²) in [7, 11) is 0. The average Bonchev–Trinajstić information content (AvgIpc) is 3.52. The van der Waals surface area contributed by atoms with Crippen LogP contribution in [-0.2, 0) is 0 Å². The van der Waals surface area contributed by atoms with Crippen LogP contribution in [0.3, 0.4) is 0 Å². The van der Waals surface area contributed by atoms with Crippen molar-refractivity contribution < 1.29 is 0 Å². The second-order valence-electron chi connectivity index (χ2n) is 14.8. The molecule has 0 N–H and O–H groups in total. The Hall–Kier alpha value is -6.76. The molecule has 0 saturated heterocycles. The average molecular weight is 685 g/mol. The Kier molecular flexibility index (Phi) is 6.94. The van der Waals surface area contributed by atoms with E-state index in [1.165, 1.54) is 110 Å². The van der Waals surface area contributed by atoms with Crippen LogP contribution in [0.5, 0.6) is 0 Å². The van der Waals surface area contributed by atoms with Crippen LogP contribution >= 0.6 is 0 Å². The van der Waals surface area contributed by atoms with Crippen molar-refractivity contribution in [3.63, 3.8) is 0 Å². The molecule has 0 heteroatoms. The summed E-state index contributed by atoms with van der Waals surface area (Å²) in [6, 6.07) is 72.2. The Morgan fingerprint density at radius 3 is 1.50 bits per heavy atom. The number of rotatable bonds is 4. The Labute approximate surface area is 315 Å². The zero-order valence-electron chi connectivity index (χ0n) is 30.1. The van der Waals surface area contributed by atoms with E-state index in [9.17, 15) is 0 Å². The lowest BCUT2D eigenvalue weighted by Gasteiger charge is -2.20. The third-order valence-electron chi connectivity index (χ3n) is 11.9. The van der Waals surface area contributed by atoms with Crippen molar-refractivity contribution in [3.05, 3.63) is 205 Å². The molecule has 1 unspecified atom stereocenters. The largest absolute Gasteiger partial charge is 0.0619 e. The molecule has 0 saturated carbocycles. The van der Waals surface area contributed by atoms with Gasteiger partial charge in [-0.2, -0.15) is 0 Å². The third kappa shape index (κ3) is 4.70. The third-order valence-corrected chi connectivity index (χ3v) is 11.9. The van der Waals surface area contributed by atoms with E-state index >= 15 is 0 Å². The molecule has 0 fully saturated rings. The fraction of sp³-hybridized carbons (Fsp3) is 0.0370. The quantitative estimate of drug-likeness (QED) is 0.162. The Morgan fingerprint density at radius 2 is 0.778 bits per heavy atom. The fourth-order valence-electron chi connectivity index (χ4n) is 9.34. The van der Waals surface area contributed by atoms with Gasteiger partial charge in [0.15, 0.2) is 0 Å². The predicted octanol–water partition coefficient (Wildman–Crippen LogP) is 15.1. The molecular formula is C54H36. The van der Waals surface area contributed by atoms with Crippen molar-refractivity contribution in [1.82, 2.24) is 0 Å². The Bertz CT molecular complexity index is 3050. The SMILES string of the molecule is CC1c2ccccc2-c2ccc(-c3c4ccccc4c(-c4cc(-c5ccc(-c6cccc7ccccc67)cc5)cc5ccccc45)c4ccccc34)cc21. The van der Waals surface area contributed by atoms with Crippen molar-refractivity contribution in [3.8, 4) is 55.6 Å². The Balaban J connectivity index is 1.11. The molecule has 1 aliphatic rings. The molecule has 0 bridgehead atoms. The highest BCUT2D eigenvalue weighted by molar-refractivity contribution is 6.24. The van der Waals surface area contributed by atoms with E-state index in [-0.39, 0.29) is 0 Å². The van der Waals surface area contributed by atoms with Gasteiger partial charge in [0.25, 0.3) is 0 Å². The smallest absolute Gasteiger partial charge is 0.00735 e. The van der Waals surface area contributed by atoms with Crippen LogP contribution in [0.2, 0.25) is 0 Å². The summed E-state index contributed by atoms with van der Waals surface area (Å²) in [5.74, 6) is 0.364. The fourth-order valence-corrected chi connectivity index (χ4v) is 9.34. The molecule has 1 aliphatic carbocycles. The number of fused-ring (bicyclic) bond motifs is 7. The molecule has 252 valence electrons. The molecule has 10 aromatic carbocycles. The molecule has 0 aliphatic heterocycles. The van der Waals surface area contributed by atoms with Crippen molar-refractivity contribution in [1.29, 1.82) is 0 Å². The van der Waals surface area contributed by atoms with Crippen molar-refractivity contribution >= 4 is 43.1 Å². The summed E-state index contributed by atoms with van der Waals surface area (Å²) in [5.41, 5.74) is 15.6. The van der Waals surface area contributed by atoms with Crippen LogP contribution in [0.4, 0.5) is 0 Å². The van der Waals surface area contributed by atoms with E-state index in [2.05, 4.69) is 201 Å². The molecule has 11 rings (SSSR count). The summed E-state index contributed by atoms with van der Waals surface area (Å²) < 4.78 is 0. The van der Waals surface area contributed by atoms with Gasteiger partial charge in [0.1, 0.15) is 0 Å². The van der Waals surface area contributed by atoms with Gasteiger partial charge >= 0.3 is 0 Å². The topological polar surface area (TPSA) is 0 Å². The van der Waals surface area contributed by atoms with Crippen LogP contribution in [0.25, 0.3) is 98.7 Å². The Morgan fingerprint density at radius 1 is 0.278 bits per heavy atom. The van der Waals surface area contributed by atoms with Crippen molar-refractivity contribution in [2.24, 2.45) is 0 Å². The first-order valence-corrected chi connectivity index (χ1v) is 19.0. The summed E-state index contributed by atoms with van der Waals surface area (Å²) in [6.07, 6.45) is 0. The monoisotopic (exact) mass is 684 g/mol. The number of hydrogen-bond donors (Lipinski definition) is 0. The van der Waals surface area contributed by atoms with Gasteiger partial charge in [-0.1, -0.05) is 183 Å². The van der Waals surface area contributed by atoms with Gasteiger partial charge in [0.05, 0.1) is 0 Å². The van der Waals surface area contributed by atoms with E-state index in [4.69, 9.17) is 0 Å². The maximum Gasteiger partial charge on any atom is 0.00735 e. The van der Waals surface area contributed by atoms with E-state index < -0.39 is 0 Å². The zero-order valence-corrected chi connectivity index (χ0v) is 30.1. The summed E-state index contributed by atoms with van der Waals surface area (Å²) >= 11 is 0. The highest BCUT2D eigenvalue weighted by atomic mass is 14.3. The standard InChI is InChI=1S/C54H36/c1-34-41-16-6-7-19-45(41)46-30-29-39(32-51(34)46)53-47-20-8-10-22-49(47)54(50-23-11-9-21-48(50)53)52-33-40(31-38-14-3-5-18-44(38)52)35-25-27-37(28-26-35)43-24-12-15-36-13-2-4-17-42(36)43/h2-34H,1H3. The van der Waals surface area contributed by atoms with Crippen LogP contribution in [-0.4, -0.2) is 0 Å². The van der Waals surface area contributed by atoms with Crippen molar-refractivity contribution in [2.45, 2.75) is 12.8 Å². The minimum Gasteiger partial charge on any atom is -0.0619 e. The molecule has 0 aromatic heterocycles. The maximum atomic E-state index is 2.46. The van der Waals surface area contributed by atoms with Crippen LogP contribution < -0.4 is 0 Å². The summed E-state index contributed by atoms with van der Waals surface area (Å²) in [5, 5.41) is 10.2. The normalized spacial score (nSPS) is 13.5. The van der Waals surface area contributed by atoms with E-state index in [1.54, 1.807) is 0 Å². The van der Waals surface area contributed by atoms with E-state index in [0.717, 1.165) is 0 Å². The number of hydrogen-bond acceptors (Lipinski definition) is 0. The molecule has 10 aromatic rings. The molecule has 0 heterocycles. The molecule has 54 heavy (non-hydrogen) atoms. The molecular weight excluding hydrogens is 649 g/mol. The van der Waals surface area contributed by atoms with E-state index in [1.807, 2.05) is 0 Å². The lowest BCUT2D eigenvalue weighted by atomic mass is 9.83. The highest BCUT2D eigenvalue weighted by Gasteiger charge is 2.26. The minimum absolute atomic E-state index is 0.364. The van der Waals surface area contributed by atoms with Crippen LogP contribution in [0.1, 0.15) is 24.0 Å². The minimum atomic E-state index is 0.364. The van der Waals surface area contributed by atoms with Gasteiger partial charge in [0, 0.05) is 5.92 Å². The van der Waals surface area contributed by atoms with Crippen LogP contribution in [0.15, 0.2) is 194 Å². The van der Waals surface area contributed by atoms with Gasteiger partial charge in [-0.25, -0.2) is 0 Å². The highest BCUT2D eigenvalue weighted by Crippen LogP contribution is 2.50.